The second kappa shape index (κ2) is 9.43. The second-order valence-electron chi connectivity index (χ2n) is 6.44. The molecule has 1 atom stereocenters. The van der Waals surface area contributed by atoms with E-state index in [1.165, 1.54) is 11.8 Å². The molecule has 29 heavy (non-hydrogen) atoms. The summed E-state index contributed by atoms with van der Waals surface area (Å²) in [4.78, 5) is 30.1. The van der Waals surface area contributed by atoms with Gasteiger partial charge in [0.2, 0.25) is 5.91 Å². The number of ether oxygens (including phenoxy) is 1. The smallest absolute Gasteiger partial charge is 0.262 e. The molecule has 0 spiro atoms. The summed E-state index contributed by atoms with van der Waals surface area (Å²) in [6, 6.07) is 14.8. The summed E-state index contributed by atoms with van der Waals surface area (Å²) >= 11 is 1.27. The fourth-order valence-electron chi connectivity index (χ4n) is 2.82. The molecule has 1 amide bonds. The third kappa shape index (κ3) is 4.86. The summed E-state index contributed by atoms with van der Waals surface area (Å²) in [7, 11) is 1.61. The Labute approximate surface area is 173 Å². The minimum absolute atomic E-state index is 0.131. The Morgan fingerprint density at radius 3 is 2.69 bits per heavy atom. The van der Waals surface area contributed by atoms with E-state index in [4.69, 9.17) is 4.74 Å². The van der Waals surface area contributed by atoms with Crippen LogP contribution in [0.3, 0.4) is 0 Å². The van der Waals surface area contributed by atoms with Gasteiger partial charge in [-0.3, -0.25) is 14.2 Å². The summed E-state index contributed by atoms with van der Waals surface area (Å²) in [5.41, 5.74) is 1.42. The van der Waals surface area contributed by atoms with Gasteiger partial charge in [0.1, 0.15) is 5.75 Å². The molecular weight excluding hydrogens is 386 g/mol. The van der Waals surface area contributed by atoms with E-state index < -0.39 is 5.25 Å². The standard InChI is InChI=1S/C22H23N3O3S/c1-4-13-23-20(26)15(2)29-22-24-19-8-6-5-7-18(19)21(27)25(22)14-16-9-11-17(28-3)12-10-16/h4-12,15H,1,13-14H2,2-3H3,(H,23,26)/t15-/m0/s1. The van der Waals surface area contributed by atoms with Crippen molar-refractivity contribution in [3.05, 3.63) is 77.1 Å². The first kappa shape index (κ1) is 20.7. The number of fused-ring (bicyclic) bond motifs is 1. The Hall–Kier alpha value is -3.06. The molecule has 0 saturated carbocycles. The monoisotopic (exact) mass is 409 g/mol. The summed E-state index contributed by atoms with van der Waals surface area (Å²) < 4.78 is 6.82. The Bertz CT molecular complexity index is 1080. The molecule has 0 bridgehead atoms. The van der Waals surface area contributed by atoms with Gasteiger partial charge in [-0.05, 0) is 36.8 Å². The van der Waals surface area contributed by atoms with Crippen molar-refractivity contribution in [2.75, 3.05) is 13.7 Å². The van der Waals surface area contributed by atoms with E-state index in [-0.39, 0.29) is 11.5 Å². The van der Waals surface area contributed by atoms with Crippen LogP contribution in [0, 0.1) is 0 Å². The largest absolute Gasteiger partial charge is 0.497 e. The van der Waals surface area contributed by atoms with E-state index in [0.717, 1.165) is 11.3 Å². The quantitative estimate of drug-likeness (QED) is 0.351. The fourth-order valence-corrected chi connectivity index (χ4v) is 3.75. The maximum atomic E-state index is 13.2. The number of nitrogens with one attached hydrogen (secondary N) is 1. The number of amides is 1. The Morgan fingerprint density at radius 2 is 2.00 bits per heavy atom. The summed E-state index contributed by atoms with van der Waals surface area (Å²) in [6.45, 7) is 6.15. The van der Waals surface area contributed by atoms with Gasteiger partial charge in [-0.15, -0.1) is 6.58 Å². The van der Waals surface area contributed by atoms with Crippen molar-refractivity contribution in [3.63, 3.8) is 0 Å². The number of methoxy groups -OCH3 is 1. The molecule has 3 rings (SSSR count). The Morgan fingerprint density at radius 1 is 1.28 bits per heavy atom. The number of rotatable bonds is 8. The minimum Gasteiger partial charge on any atom is -0.497 e. The molecule has 150 valence electrons. The van der Waals surface area contributed by atoms with Gasteiger partial charge in [0.05, 0.1) is 29.8 Å². The van der Waals surface area contributed by atoms with E-state index in [1.54, 1.807) is 36.8 Å². The number of nitrogens with zero attached hydrogens (tertiary/aromatic N) is 2. The van der Waals surface area contributed by atoms with Gasteiger partial charge in [0, 0.05) is 6.54 Å². The highest BCUT2D eigenvalue weighted by atomic mass is 32.2. The van der Waals surface area contributed by atoms with Crippen molar-refractivity contribution >= 4 is 28.6 Å². The van der Waals surface area contributed by atoms with Crippen LogP contribution in [-0.4, -0.2) is 34.4 Å². The molecule has 0 saturated heterocycles. The van der Waals surface area contributed by atoms with Crippen molar-refractivity contribution in [2.24, 2.45) is 0 Å². The van der Waals surface area contributed by atoms with Crippen molar-refractivity contribution in [1.82, 2.24) is 14.9 Å². The number of hydrogen-bond acceptors (Lipinski definition) is 5. The van der Waals surface area contributed by atoms with Crippen LogP contribution in [0.4, 0.5) is 0 Å². The van der Waals surface area contributed by atoms with Gasteiger partial charge < -0.3 is 10.1 Å². The van der Waals surface area contributed by atoms with Crippen LogP contribution in [0.2, 0.25) is 0 Å². The van der Waals surface area contributed by atoms with E-state index in [0.29, 0.717) is 29.1 Å². The number of para-hydroxylation sites is 1. The first-order valence-electron chi connectivity index (χ1n) is 9.21. The highest BCUT2D eigenvalue weighted by Gasteiger charge is 2.19. The van der Waals surface area contributed by atoms with Crippen molar-refractivity contribution < 1.29 is 9.53 Å². The number of carbonyl (C=O) groups excluding carboxylic acids is 1. The Balaban J connectivity index is 1.99. The zero-order chi connectivity index (χ0) is 20.8. The number of hydrogen-bond donors (Lipinski definition) is 1. The average molecular weight is 410 g/mol. The van der Waals surface area contributed by atoms with Crippen LogP contribution in [0.15, 0.2) is 71.1 Å². The topological polar surface area (TPSA) is 73.2 Å². The third-order valence-electron chi connectivity index (χ3n) is 4.40. The fraction of sp³-hybridized carbons (Fsp3) is 0.227. The van der Waals surface area contributed by atoms with Crippen LogP contribution < -0.4 is 15.6 Å². The van der Waals surface area contributed by atoms with Crippen LogP contribution >= 0.6 is 11.8 Å². The lowest BCUT2D eigenvalue weighted by Gasteiger charge is -2.16. The van der Waals surface area contributed by atoms with E-state index in [2.05, 4.69) is 16.9 Å². The molecule has 0 unspecified atom stereocenters. The highest BCUT2D eigenvalue weighted by Crippen LogP contribution is 2.24. The van der Waals surface area contributed by atoms with Gasteiger partial charge >= 0.3 is 0 Å². The lowest BCUT2D eigenvalue weighted by molar-refractivity contribution is -0.120. The van der Waals surface area contributed by atoms with Crippen molar-refractivity contribution in [3.8, 4) is 5.75 Å². The van der Waals surface area contributed by atoms with Crippen molar-refractivity contribution in [1.29, 1.82) is 0 Å². The maximum Gasteiger partial charge on any atom is 0.262 e. The molecule has 0 fully saturated rings. The molecule has 0 aliphatic rings. The van der Waals surface area contributed by atoms with Gasteiger partial charge in [-0.1, -0.05) is 42.1 Å². The molecule has 0 aliphatic heterocycles. The van der Waals surface area contributed by atoms with Gasteiger partial charge in [0.25, 0.3) is 5.56 Å². The molecule has 1 aromatic heterocycles. The lowest BCUT2D eigenvalue weighted by atomic mass is 10.2. The zero-order valence-electron chi connectivity index (χ0n) is 16.4. The minimum atomic E-state index is -0.412. The molecule has 0 radical (unpaired) electrons. The Kier molecular flexibility index (Phi) is 6.72. The number of aromatic nitrogens is 2. The summed E-state index contributed by atoms with van der Waals surface area (Å²) in [5.74, 6) is 0.619. The normalized spacial score (nSPS) is 11.8. The predicted molar refractivity (Wildman–Crippen MR) is 117 cm³/mol. The van der Waals surface area contributed by atoms with E-state index in [1.807, 2.05) is 36.4 Å². The third-order valence-corrected chi connectivity index (χ3v) is 5.49. The molecule has 6 nitrogen and oxygen atoms in total. The van der Waals surface area contributed by atoms with Crippen LogP contribution in [0.1, 0.15) is 12.5 Å². The molecular formula is C22H23N3O3S. The maximum absolute atomic E-state index is 13.2. The SMILES string of the molecule is C=CCNC(=O)[C@H](C)Sc1nc2ccccc2c(=O)n1Cc1ccc(OC)cc1. The lowest BCUT2D eigenvalue weighted by Crippen LogP contribution is -2.32. The summed E-state index contributed by atoms with van der Waals surface area (Å²) in [6.07, 6.45) is 1.63. The highest BCUT2D eigenvalue weighted by molar-refractivity contribution is 8.00. The van der Waals surface area contributed by atoms with Crippen molar-refractivity contribution in [2.45, 2.75) is 23.9 Å². The number of carbonyl (C=O) groups is 1. The first-order valence-corrected chi connectivity index (χ1v) is 10.1. The van der Waals surface area contributed by atoms with Crippen LogP contribution in [0.5, 0.6) is 5.75 Å². The molecule has 1 heterocycles. The van der Waals surface area contributed by atoms with Gasteiger partial charge in [0.15, 0.2) is 5.16 Å². The average Bonchev–Trinajstić information content (AvgIpc) is 2.75. The number of thioether (sulfide) groups is 1. The molecule has 3 aromatic rings. The molecule has 2 aromatic carbocycles. The first-order chi connectivity index (χ1) is 14.0. The zero-order valence-corrected chi connectivity index (χ0v) is 17.2. The van der Waals surface area contributed by atoms with E-state index >= 15 is 0 Å². The van der Waals surface area contributed by atoms with Crippen LogP contribution in [0.25, 0.3) is 10.9 Å². The summed E-state index contributed by atoms with van der Waals surface area (Å²) in [5, 5.41) is 3.42. The molecule has 1 N–H and O–H groups in total. The van der Waals surface area contributed by atoms with Gasteiger partial charge in [-0.25, -0.2) is 4.98 Å². The second-order valence-corrected chi connectivity index (χ2v) is 7.75. The number of benzene rings is 2. The predicted octanol–water partition coefficient (Wildman–Crippen LogP) is 3.24. The molecule has 7 heteroatoms. The van der Waals surface area contributed by atoms with Gasteiger partial charge in [-0.2, -0.15) is 0 Å². The van der Waals surface area contributed by atoms with E-state index in [9.17, 15) is 9.59 Å². The van der Waals surface area contributed by atoms with Crippen LogP contribution in [-0.2, 0) is 11.3 Å². The molecule has 0 aliphatic carbocycles.